The minimum absolute atomic E-state index is 0.170. The highest BCUT2D eigenvalue weighted by Crippen LogP contribution is 2.31. The monoisotopic (exact) mass is 513 g/mol. The summed E-state index contributed by atoms with van der Waals surface area (Å²) in [5.74, 6) is 0.0654. The van der Waals surface area contributed by atoms with Crippen LogP contribution in [-0.2, 0) is 20.7 Å². The van der Waals surface area contributed by atoms with Gasteiger partial charge in [-0.25, -0.2) is 9.18 Å². The van der Waals surface area contributed by atoms with Gasteiger partial charge in [0.05, 0.1) is 32.0 Å². The lowest BCUT2D eigenvalue weighted by Gasteiger charge is -2.28. The van der Waals surface area contributed by atoms with Gasteiger partial charge >= 0.3 is 5.97 Å². The second kappa shape index (κ2) is 14.3. The first-order valence-electron chi connectivity index (χ1n) is 13.2. The predicted molar refractivity (Wildman–Crippen MR) is 143 cm³/mol. The normalized spacial score (nSPS) is 17.7. The largest absolute Gasteiger partial charge is 0.493 e. The topological polar surface area (TPSA) is 68.2 Å². The summed E-state index contributed by atoms with van der Waals surface area (Å²) in [5, 5.41) is 10.8. The van der Waals surface area contributed by atoms with Gasteiger partial charge in [0.25, 0.3) is 0 Å². The first kappa shape index (κ1) is 28.8. The van der Waals surface area contributed by atoms with Crippen molar-refractivity contribution in [2.75, 3.05) is 32.9 Å². The summed E-state index contributed by atoms with van der Waals surface area (Å²) in [5.41, 5.74) is 3.25. The molecule has 0 spiro atoms. The maximum absolute atomic E-state index is 14.0. The Kier molecular flexibility index (Phi) is 11.1. The molecule has 0 aromatic heterocycles. The number of likely N-dealkylation sites (tertiary alicyclic amines) is 1. The Morgan fingerprint density at radius 3 is 2.78 bits per heavy atom. The SMILES string of the molecule is CCOC(=O)C=Cc1c(OCC)cccc1[C@@H](C)OC[C@H](O)CN1CCC[C@H]1Cc1ccc(C)c(F)c1. The molecule has 1 fully saturated rings. The van der Waals surface area contributed by atoms with E-state index in [0.29, 0.717) is 31.1 Å². The average molecular weight is 514 g/mol. The smallest absolute Gasteiger partial charge is 0.330 e. The molecule has 1 aliphatic rings. The summed E-state index contributed by atoms with van der Waals surface area (Å²) in [6.07, 6.45) is 4.94. The Morgan fingerprint density at radius 2 is 2.05 bits per heavy atom. The van der Waals surface area contributed by atoms with E-state index < -0.39 is 12.1 Å². The lowest BCUT2D eigenvalue weighted by atomic mass is 10.0. The van der Waals surface area contributed by atoms with Crippen LogP contribution in [0.15, 0.2) is 42.5 Å². The molecule has 3 rings (SSSR count). The number of rotatable bonds is 13. The fraction of sp³-hybridized carbons (Fsp3) is 0.500. The van der Waals surface area contributed by atoms with Crippen molar-refractivity contribution in [1.82, 2.24) is 4.90 Å². The molecule has 1 saturated heterocycles. The zero-order valence-electron chi connectivity index (χ0n) is 22.4. The van der Waals surface area contributed by atoms with Gasteiger partial charge in [-0.15, -0.1) is 0 Å². The predicted octanol–water partition coefficient (Wildman–Crippen LogP) is 5.25. The van der Waals surface area contributed by atoms with E-state index >= 15 is 0 Å². The maximum Gasteiger partial charge on any atom is 0.330 e. The van der Waals surface area contributed by atoms with E-state index in [-0.39, 0.29) is 24.6 Å². The molecular weight excluding hydrogens is 473 g/mol. The van der Waals surface area contributed by atoms with Gasteiger partial charge in [0.2, 0.25) is 0 Å². The molecule has 0 bridgehead atoms. The number of carbonyl (C=O) groups is 1. The van der Waals surface area contributed by atoms with Crippen LogP contribution in [0.4, 0.5) is 4.39 Å². The van der Waals surface area contributed by atoms with E-state index in [2.05, 4.69) is 4.90 Å². The quantitative estimate of drug-likeness (QED) is 0.291. The summed E-state index contributed by atoms with van der Waals surface area (Å²) in [7, 11) is 0. The van der Waals surface area contributed by atoms with Crippen molar-refractivity contribution in [3.63, 3.8) is 0 Å². The van der Waals surface area contributed by atoms with Crippen molar-refractivity contribution in [3.8, 4) is 5.75 Å². The van der Waals surface area contributed by atoms with Crippen LogP contribution >= 0.6 is 0 Å². The molecule has 1 N–H and O–H groups in total. The third kappa shape index (κ3) is 8.38. The van der Waals surface area contributed by atoms with E-state index in [1.54, 1.807) is 26.0 Å². The Balaban J connectivity index is 1.61. The van der Waals surface area contributed by atoms with Crippen LogP contribution in [0, 0.1) is 12.7 Å². The molecule has 2 aromatic carbocycles. The highest BCUT2D eigenvalue weighted by atomic mass is 19.1. The van der Waals surface area contributed by atoms with Crippen LogP contribution in [0.2, 0.25) is 0 Å². The van der Waals surface area contributed by atoms with Crippen LogP contribution in [0.1, 0.15) is 62.0 Å². The van der Waals surface area contributed by atoms with Crippen LogP contribution in [0.5, 0.6) is 5.75 Å². The molecular formula is C30H40FNO5. The number of nitrogens with zero attached hydrogens (tertiary/aromatic N) is 1. The Bertz CT molecular complexity index is 1060. The lowest BCUT2D eigenvalue weighted by Crippen LogP contribution is -2.39. The minimum Gasteiger partial charge on any atom is -0.493 e. The molecule has 37 heavy (non-hydrogen) atoms. The first-order valence-corrected chi connectivity index (χ1v) is 13.2. The van der Waals surface area contributed by atoms with Gasteiger partial charge in [0.1, 0.15) is 11.6 Å². The minimum atomic E-state index is -0.661. The van der Waals surface area contributed by atoms with Crippen molar-refractivity contribution < 1.29 is 28.5 Å². The molecule has 0 unspecified atom stereocenters. The average Bonchev–Trinajstić information content (AvgIpc) is 3.30. The van der Waals surface area contributed by atoms with Crippen molar-refractivity contribution in [2.24, 2.45) is 0 Å². The van der Waals surface area contributed by atoms with Crippen molar-refractivity contribution in [1.29, 1.82) is 0 Å². The molecule has 0 saturated carbocycles. The highest BCUT2D eigenvalue weighted by Gasteiger charge is 2.27. The van der Waals surface area contributed by atoms with Gasteiger partial charge in [0.15, 0.2) is 0 Å². The van der Waals surface area contributed by atoms with Gasteiger partial charge in [-0.05, 0) is 88.4 Å². The summed E-state index contributed by atoms with van der Waals surface area (Å²) in [4.78, 5) is 14.2. The van der Waals surface area contributed by atoms with Gasteiger partial charge in [-0.3, -0.25) is 4.90 Å². The standard InChI is InChI=1S/C30H40FNO5/c1-5-35-29-11-7-10-26(27(29)14-15-30(34)36-6-2)22(4)37-20-25(33)19-32-16-8-9-24(32)17-23-13-12-21(3)28(31)18-23/h7,10-15,18,22,24-25,33H,5-6,8-9,16-17,19-20H2,1-4H3/t22-,24+,25-/m1/s1. The number of aliphatic hydroxyl groups is 1. The van der Waals surface area contributed by atoms with Crippen LogP contribution < -0.4 is 4.74 Å². The molecule has 0 aliphatic carbocycles. The first-order chi connectivity index (χ1) is 17.8. The highest BCUT2D eigenvalue weighted by molar-refractivity contribution is 5.88. The molecule has 6 nitrogen and oxygen atoms in total. The van der Waals surface area contributed by atoms with E-state index in [1.165, 1.54) is 6.08 Å². The van der Waals surface area contributed by atoms with E-state index in [1.807, 2.05) is 44.2 Å². The summed E-state index contributed by atoms with van der Waals surface area (Å²) in [6, 6.07) is 11.4. The fourth-order valence-electron chi connectivity index (χ4n) is 4.79. The number of halogens is 1. The molecule has 0 radical (unpaired) electrons. The second-order valence-electron chi connectivity index (χ2n) is 9.49. The van der Waals surface area contributed by atoms with E-state index in [9.17, 15) is 14.3 Å². The van der Waals surface area contributed by atoms with Gasteiger partial charge < -0.3 is 19.3 Å². The number of β-amino-alcohol motifs (C(OH)–C–C–N with tert-alkyl or cyclic N) is 1. The number of hydrogen-bond donors (Lipinski definition) is 1. The molecule has 202 valence electrons. The maximum atomic E-state index is 14.0. The van der Waals surface area contributed by atoms with Gasteiger partial charge in [-0.1, -0.05) is 24.3 Å². The summed E-state index contributed by atoms with van der Waals surface area (Å²) < 4.78 is 30.8. The lowest BCUT2D eigenvalue weighted by molar-refractivity contribution is -0.137. The van der Waals surface area contributed by atoms with Crippen molar-refractivity contribution >= 4 is 12.0 Å². The molecule has 1 heterocycles. The number of esters is 1. The molecule has 0 amide bonds. The molecule has 2 aromatic rings. The Hall–Kier alpha value is -2.74. The van der Waals surface area contributed by atoms with Crippen LogP contribution in [-0.4, -0.2) is 61.0 Å². The molecule has 1 aliphatic heterocycles. The van der Waals surface area contributed by atoms with Gasteiger partial charge in [0, 0.05) is 24.2 Å². The number of benzene rings is 2. The fourth-order valence-corrected chi connectivity index (χ4v) is 4.79. The summed E-state index contributed by atoms with van der Waals surface area (Å²) >= 11 is 0. The van der Waals surface area contributed by atoms with Crippen molar-refractivity contribution in [2.45, 2.75) is 65.2 Å². The second-order valence-corrected chi connectivity index (χ2v) is 9.49. The number of hydrogen-bond acceptors (Lipinski definition) is 6. The number of ether oxygens (including phenoxy) is 3. The zero-order chi connectivity index (χ0) is 26.8. The number of aryl methyl sites for hydroxylation is 1. The Labute approximate surface area is 220 Å². The number of aliphatic hydroxyl groups excluding tert-OH is 1. The number of carbonyl (C=O) groups excluding carboxylic acids is 1. The van der Waals surface area contributed by atoms with Crippen molar-refractivity contribution in [3.05, 3.63) is 70.5 Å². The zero-order valence-corrected chi connectivity index (χ0v) is 22.4. The van der Waals surface area contributed by atoms with Gasteiger partial charge in [-0.2, -0.15) is 0 Å². The summed E-state index contributed by atoms with van der Waals surface area (Å²) in [6.45, 7) is 9.73. The third-order valence-corrected chi connectivity index (χ3v) is 6.70. The molecule has 3 atom stereocenters. The van der Waals surface area contributed by atoms with Crippen LogP contribution in [0.3, 0.4) is 0 Å². The molecule has 7 heteroatoms. The van der Waals surface area contributed by atoms with E-state index in [0.717, 1.165) is 42.5 Å². The van der Waals surface area contributed by atoms with E-state index in [4.69, 9.17) is 14.2 Å². The van der Waals surface area contributed by atoms with Crippen LogP contribution in [0.25, 0.3) is 6.08 Å². The Morgan fingerprint density at radius 1 is 1.24 bits per heavy atom. The third-order valence-electron chi connectivity index (χ3n) is 6.70.